The number of hydrogen-bond acceptors (Lipinski definition) is 5. The van der Waals surface area contributed by atoms with Crippen molar-refractivity contribution in [2.24, 2.45) is 5.73 Å². The number of benzene rings is 3. The van der Waals surface area contributed by atoms with E-state index in [1.54, 1.807) is 42.5 Å². The van der Waals surface area contributed by atoms with Gasteiger partial charge in [-0.05, 0) is 30.3 Å². The van der Waals surface area contributed by atoms with Gasteiger partial charge in [-0.15, -0.1) is 0 Å². The number of amides is 2. The Morgan fingerprint density at radius 2 is 1.71 bits per heavy atom. The second-order valence-electron chi connectivity index (χ2n) is 6.45. The lowest BCUT2D eigenvalue weighted by molar-refractivity contribution is -0.118. The third-order valence-electron chi connectivity index (χ3n) is 4.35. The standard InChI is InChI=1S/C23H19ClN2O5/c1-30-16-8-9-17(23(25)29)20(12-16)31-13-21(27)26-19-10-7-15(24)11-18(19)22(28)14-5-3-2-4-6-14/h2-12H,13H2,1H3,(H2,25,29)(H,26,27). The van der Waals surface area contributed by atoms with Crippen LogP contribution in [-0.4, -0.2) is 31.3 Å². The number of nitrogens with two attached hydrogens (primary N) is 1. The topological polar surface area (TPSA) is 108 Å². The lowest BCUT2D eigenvalue weighted by atomic mass is 10.0. The zero-order chi connectivity index (χ0) is 22.4. The minimum absolute atomic E-state index is 0.110. The molecule has 0 bridgehead atoms. The molecule has 0 aromatic heterocycles. The molecular weight excluding hydrogens is 420 g/mol. The number of carbonyl (C=O) groups is 3. The van der Waals surface area contributed by atoms with Crippen molar-refractivity contribution < 1.29 is 23.9 Å². The summed E-state index contributed by atoms with van der Waals surface area (Å²) in [5.74, 6) is -0.982. The van der Waals surface area contributed by atoms with Crippen molar-refractivity contribution in [1.29, 1.82) is 0 Å². The minimum Gasteiger partial charge on any atom is -0.497 e. The lowest BCUT2D eigenvalue weighted by Crippen LogP contribution is -2.23. The average molecular weight is 439 g/mol. The molecule has 0 aliphatic carbocycles. The van der Waals surface area contributed by atoms with Crippen LogP contribution >= 0.6 is 11.6 Å². The largest absolute Gasteiger partial charge is 0.497 e. The van der Waals surface area contributed by atoms with Gasteiger partial charge in [-0.2, -0.15) is 0 Å². The van der Waals surface area contributed by atoms with Crippen LogP contribution in [0.1, 0.15) is 26.3 Å². The van der Waals surface area contributed by atoms with Gasteiger partial charge in [0.25, 0.3) is 11.8 Å². The zero-order valence-electron chi connectivity index (χ0n) is 16.6. The van der Waals surface area contributed by atoms with Crippen molar-refractivity contribution in [3.63, 3.8) is 0 Å². The van der Waals surface area contributed by atoms with Crippen LogP contribution < -0.4 is 20.5 Å². The molecule has 3 rings (SSSR count). The molecule has 0 unspecified atom stereocenters. The summed E-state index contributed by atoms with van der Waals surface area (Å²) in [6.45, 7) is -0.422. The predicted octanol–water partition coefficient (Wildman–Crippen LogP) is 3.70. The minimum atomic E-state index is -0.702. The summed E-state index contributed by atoms with van der Waals surface area (Å²) in [7, 11) is 1.46. The van der Waals surface area contributed by atoms with Crippen molar-refractivity contribution in [3.05, 3.63) is 88.4 Å². The number of anilines is 1. The fourth-order valence-corrected chi connectivity index (χ4v) is 3.01. The van der Waals surface area contributed by atoms with E-state index in [9.17, 15) is 14.4 Å². The number of ether oxygens (including phenoxy) is 2. The molecular formula is C23H19ClN2O5. The van der Waals surface area contributed by atoms with Crippen LogP contribution in [0.15, 0.2) is 66.7 Å². The first-order chi connectivity index (χ1) is 14.9. The number of ketones is 1. The number of nitrogens with one attached hydrogen (secondary N) is 1. The highest BCUT2D eigenvalue weighted by Crippen LogP contribution is 2.26. The van der Waals surface area contributed by atoms with Crippen LogP contribution in [0.3, 0.4) is 0 Å². The van der Waals surface area contributed by atoms with E-state index in [1.807, 2.05) is 0 Å². The van der Waals surface area contributed by atoms with E-state index in [4.69, 9.17) is 26.8 Å². The Morgan fingerprint density at radius 1 is 0.968 bits per heavy atom. The SMILES string of the molecule is COc1ccc(C(N)=O)c(OCC(=O)Nc2ccc(Cl)cc2C(=O)c2ccccc2)c1. The van der Waals surface area contributed by atoms with Crippen LogP contribution in [0.5, 0.6) is 11.5 Å². The molecule has 0 spiro atoms. The summed E-state index contributed by atoms with van der Waals surface area (Å²) in [5.41, 5.74) is 6.44. The maximum Gasteiger partial charge on any atom is 0.262 e. The van der Waals surface area contributed by atoms with E-state index in [1.165, 1.54) is 31.4 Å². The number of methoxy groups -OCH3 is 1. The summed E-state index contributed by atoms with van der Waals surface area (Å²) in [5, 5.41) is 3.00. The van der Waals surface area contributed by atoms with Crippen molar-refractivity contribution >= 4 is 34.9 Å². The van der Waals surface area contributed by atoms with Crippen LogP contribution in [0, 0.1) is 0 Å². The summed E-state index contributed by atoms with van der Waals surface area (Å²) in [6, 6.07) is 17.7. The average Bonchev–Trinajstić information content (AvgIpc) is 2.78. The van der Waals surface area contributed by atoms with Crippen LogP contribution in [0.4, 0.5) is 5.69 Å². The molecule has 158 valence electrons. The van der Waals surface area contributed by atoms with Crippen molar-refractivity contribution in [2.45, 2.75) is 0 Å². The third kappa shape index (κ3) is 5.40. The Balaban J connectivity index is 1.78. The van der Waals surface area contributed by atoms with Gasteiger partial charge in [0.1, 0.15) is 11.5 Å². The second-order valence-corrected chi connectivity index (χ2v) is 6.88. The molecule has 7 nitrogen and oxygen atoms in total. The lowest BCUT2D eigenvalue weighted by Gasteiger charge is -2.13. The monoisotopic (exact) mass is 438 g/mol. The van der Waals surface area contributed by atoms with Crippen molar-refractivity contribution in [3.8, 4) is 11.5 Å². The number of carbonyl (C=O) groups excluding carboxylic acids is 3. The quantitative estimate of drug-likeness (QED) is 0.521. The number of halogens is 1. The Kier molecular flexibility index (Phi) is 6.89. The molecule has 0 aliphatic rings. The first-order valence-corrected chi connectivity index (χ1v) is 9.56. The van der Waals surface area contributed by atoms with Gasteiger partial charge in [-0.25, -0.2) is 0 Å². The van der Waals surface area contributed by atoms with E-state index in [0.29, 0.717) is 16.3 Å². The molecule has 31 heavy (non-hydrogen) atoms. The first-order valence-electron chi connectivity index (χ1n) is 9.19. The zero-order valence-corrected chi connectivity index (χ0v) is 17.3. The Labute approximate surface area is 183 Å². The number of rotatable bonds is 8. The molecule has 3 aromatic carbocycles. The maximum absolute atomic E-state index is 12.9. The number of hydrogen-bond donors (Lipinski definition) is 2. The van der Waals surface area contributed by atoms with Gasteiger partial charge < -0.3 is 20.5 Å². The number of primary amides is 1. The fourth-order valence-electron chi connectivity index (χ4n) is 2.84. The smallest absolute Gasteiger partial charge is 0.262 e. The molecule has 0 radical (unpaired) electrons. The molecule has 0 saturated carbocycles. The molecule has 2 amide bonds. The van der Waals surface area contributed by atoms with Crippen LogP contribution in [0.2, 0.25) is 5.02 Å². The van der Waals surface area contributed by atoms with Crippen molar-refractivity contribution in [2.75, 3.05) is 19.0 Å². The molecule has 8 heteroatoms. The fraction of sp³-hybridized carbons (Fsp3) is 0.0870. The Bertz CT molecular complexity index is 1130. The van der Waals surface area contributed by atoms with E-state index < -0.39 is 18.4 Å². The van der Waals surface area contributed by atoms with Crippen LogP contribution in [-0.2, 0) is 4.79 Å². The molecule has 0 fully saturated rings. The van der Waals surface area contributed by atoms with Gasteiger partial charge in [0, 0.05) is 22.2 Å². The summed E-state index contributed by atoms with van der Waals surface area (Å²) >= 11 is 6.06. The summed E-state index contributed by atoms with van der Waals surface area (Å²) in [6.07, 6.45) is 0. The van der Waals surface area contributed by atoms with Gasteiger partial charge in [0.05, 0.1) is 18.4 Å². The van der Waals surface area contributed by atoms with Gasteiger partial charge in [-0.1, -0.05) is 41.9 Å². The highest BCUT2D eigenvalue weighted by molar-refractivity contribution is 6.31. The van der Waals surface area contributed by atoms with Crippen molar-refractivity contribution in [1.82, 2.24) is 0 Å². The highest BCUT2D eigenvalue weighted by Gasteiger charge is 2.17. The molecule has 0 saturated heterocycles. The van der Waals surface area contributed by atoms with Gasteiger partial charge in [0.2, 0.25) is 0 Å². The van der Waals surface area contributed by atoms with E-state index in [0.717, 1.165) is 0 Å². The summed E-state index contributed by atoms with van der Waals surface area (Å²) < 4.78 is 10.6. The predicted molar refractivity (Wildman–Crippen MR) is 117 cm³/mol. The Morgan fingerprint density at radius 3 is 2.39 bits per heavy atom. The summed E-state index contributed by atoms with van der Waals surface area (Å²) in [4.78, 5) is 36.9. The van der Waals surface area contributed by atoms with E-state index >= 15 is 0 Å². The van der Waals surface area contributed by atoms with Crippen LogP contribution in [0.25, 0.3) is 0 Å². The van der Waals surface area contributed by atoms with E-state index in [2.05, 4.69) is 5.32 Å². The highest BCUT2D eigenvalue weighted by atomic mass is 35.5. The normalized spacial score (nSPS) is 10.3. The van der Waals surface area contributed by atoms with E-state index in [-0.39, 0.29) is 28.3 Å². The molecule has 3 aromatic rings. The molecule has 3 N–H and O–H groups in total. The third-order valence-corrected chi connectivity index (χ3v) is 4.58. The Hall–Kier alpha value is -3.84. The maximum atomic E-state index is 12.9. The molecule has 0 aliphatic heterocycles. The first kappa shape index (κ1) is 21.9. The van der Waals surface area contributed by atoms with Gasteiger partial charge in [0.15, 0.2) is 12.4 Å². The second kappa shape index (κ2) is 9.77. The molecule has 0 atom stereocenters. The molecule has 0 heterocycles. The van der Waals surface area contributed by atoms with Gasteiger partial charge in [-0.3, -0.25) is 14.4 Å². The van der Waals surface area contributed by atoms with Gasteiger partial charge >= 0.3 is 0 Å².